The van der Waals surface area contributed by atoms with Gasteiger partial charge in [0, 0.05) is 22.3 Å². The first-order chi connectivity index (χ1) is 10.3. The first-order valence-corrected chi connectivity index (χ1v) is 8.66. The molecule has 0 spiro atoms. The summed E-state index contributed by atoms with van der Waals surface area (Å²) in [6, 6.07) is 9.39. The number of hydrogen-bond acceptors (Lipinski definition) is 3. The Morgan fingerprint density at radius 1 is 1.19 bits per heavy atom. The van der Waals surface area contributed by atoms with E-state index >= 15 is 0 Å². The van der Waals surface area contributed by atoms with E-state index in [0.717, 1.165) is 12.3 Å². The Labute approximate surface area is 130 Å². The van der Waals surface area contributed by atoms with Crippen LogP contribution >= 0.6 is 11.3 Å². The third-order valence-electron chi connectivity index (χ3n) is 4.75. The topological polar surface area (TPSA) is 21.3 Å². The van der Waals surface area contributed by atoms with Gasteiger partial charge in [-0.1, -0.05) is 6.07 Å². The number of rotatable bonds is 4. The average molecular weight is 299 g/mol. The summed E-state index contributed by atoms with van der Waals surface area (Å²) in [7, 11) is 1.74. The van der Waals surface area contributed by atoms with Gasteiger partial charge in [0.05, 0.1) is 7.11 Å². The van der Waals surface area contributed by atoms with Crippen molar-refractivity contribution in [3.63, 3.8) is 0 Å². The van der Waals surface area contributed by atoms with Crippen molar-refractivity contribution in [3.05, 3.63) is 50.7 Å². The Balaban J connectivity index is 1.46. The maximum absolute atomic E-state index is 5.37. The zero-order valence-electron chi connectivity index (χ0n) is 12.4. The van der Waals surface area contributed by atoms with Gasteiger partial charge in [-0.15, -0.1) is 11.3 Å². The molecule has 2 aromatic rings. The fraction of sp³-hybridized carbons (Fsp3) is 0.444. The number of hydrogen-bond donors (Lipinski definition) is 1. The van der Waals surface area contributed by atoms with E-state index in [-0.39, 0.29) is 0 Å². The van der Waals surface area contributed by atoms with E-state index in [4.69, 9.17) is 4.74 Å². The van der Waals surface area contributed by atoms with Crippen molar-refractivity contribution in [2.24, 2.45) is 0 Å². The molecule has 0 radical (unpaired) electrons. The smallest absolute Gasteiger partial charge is 0.119 e. The second-order valence-electron chi connectivity index (χ2n) is 6.05. The van der Waals surface area contributed by atoms with Crippen LogP contribution in [0.25, 0.3) is 0 Å². The highest BCUT2D eigenvalue weighted by Gasteiger charge is 2.23. The monoisotopic (exact) mass is 299 g/mol. The zero-order chi connectivity index (χ0) is 14.2. The van der Waals surface area contributed by atoms with Crippen LogP contribution in [-0.2, 0) is 25.8 Å². The highest BCUT2D eigenvalue weighted by atomic mass is 32.1. The molecular formula is C18H21NOS. The SMILES string of the molecule is COc1ccc2c(c1)C(NCc1cc3c(s1)CCC3)CC2. The average Bonchev–Trinajstić information content (AvgIpc) is 3.18. The van der Waals surface area contributed by atoms with Crippen LogP contribution in [0.15, 0.2) is 24.3 Å². The summed E-state index contributed by atoms with van der Waals surface area (Å²) in [6.45, 7) is 0.999. The van der Waals surface area contributed by atoms with Crippen LogP contribution in [0.4, 0.5) is 0 Å². The number of fused-ring (bicyclic) bond motifs is 2. The molecule has 2 aliphatic carbocycles. The van der Waals surface area contributed by atoms with Crippen molar-refractivity contribution in [1.82, 2.24) is 5.32 Å². The molecule has 2 aliphatic rings. The third-order valence-corrected chi connectivity index (χ3v) is 5.99. The molecule has 0 fully saturated rings. The molecule has 0 aliphatic heterocycles. The molecule has 21 heavy (non-hydrogen) atoms. The molecule has 3 heteroatoms. The lowest BCUT2D eigenvalue weighted by Gasteiger charge is -2.14. The molecule has 0 saturated heterocycles. The van der Waals surface area contributed by atoms with Crippen molar-refractivity contribution in [2.45, 2.75) is 44.7 Å². The van der Waals surface area contributed by atoms with Gasteiger partial charge in [-0.2, -0.15) is 0 Å². The molecule has 0 amide bonds. The Morgan fingerprint density at radius 3 is 3.00 bits per heavy atom. The van der Waals surface area contributed by atoms with Gasteiger partial charge in [0.15, 0.2) is 0 Å². The molecule has 4 rings (SSSR count). The second kappa shape index (κ2) is 5.47. The molecule has 1 aromatic heterocycles. The molecule has 1 unspecified atom stereocenters. The normalized spacial score (nSPS) is 19.6. The maximum atomic E-state index is 5.37. The fourth-order valence-electron chi connectivity index (χ4n) is 3.62. The molecule has 1 heterocycles. The summed E-state index contributed by atoms with van der Waals surface area (Å²) in [5, 5.41) is 3.75. The van der Waals surface area contributed by atoms with Gasteiger partial charge in [-0.3, -0.25) is 0 Å². The van der Waals surface area contributed by atoms with Crippen LogP contribution in [0.1, 0.15) is 45.3 Å². The molecule has 2 nitrogen and oxygen atoms in total. The van der Waals surface area contributed by atoms with Crippen molar-refractivity contribution < 1.29 is 4.74 Å². The number of thiophene rings is 1. The lowest BCUT2D eigenvalue weighted by molar-refractivity contribution is 0.413. The fourth-order valence-corrected chi connectivity index (χ4v) is 4.83. The third kappa shape index (κ3) is 2.49. The van der Waals surface area contributed by atoms with Crippen molar-refractivity contribution >= 4 is 11.3 Å². The predicted molar refractivity (Wildman–Crippen MR) is 87.2 cm³/mol. The van der Waals surface area contributed by atoms with Crippen LogP contribution in [0.3, 0.4) is 0 Å². The molecule has 1 N–H and O–H groups in total. The molecular weight excluding hydrogens is 278 g/mol. The van der Waals surface area contributed by atoms with Crippen molar-refractivity contribution in [3.8, 4) is 5.75 Å². The first-order valence-electron chi connectivity index (χ1n) is 7.84. The summed E-state index contributed by atoms with van der Waals surface area (Å²) in [5.41, 5.74) is 4.51. The van der Waals surface area contributed by atoms with E-state index in [9.17, 15) is 0 Å². The van der Waals surface area contributed by atoms with Crippen molar-refractivity contribution in [2.75, 3.05) is 7.11 Å². The van der Waals surface area contributed by atoms with Gasteiger partial charge in [-0.05, 0) is 67.0 Å². The Bertz CT molecular complexity index is 640. The quantitative estimate of drug-likeness (QED) is 0.920. The molecule has 110 valence electrons. The van der Waals surface area contributed by atoms with Crippen LogP contribution in [-0.4, -0.2) is 7.11 Å². The predicted octanol–water partition coefficient (Wildman–Crippen LogP) is 4.02. The molecule has 1 atom stereocenters. The lowest BCUT2D eigenvalue weighted by Crippen LogP contribution is -2.18. The van der Waals surface area contributed by atoms with E-state index in [0.29, 0.717) is 6.04 Å². The van der Waals surface area contributed by atoms with E-state index in [2.05, 4.69) is 29.6 Å². The molecule has 1 aromatic carbocycles. The van der Waals surface area contributed by atoms with E-state index in [1.807, 2.05) is 11.3 Å². The Hall–Kier alpha value is -1.32. The van der Waals surface area contributed by atoms with Gasteiger partial charge < -0.3 is 10.1 Å². The van der Waals surface area contributed by atoms with Gasteiger partial charge in [0.2, 0.25) is 0 Å². The highest BCUT2D eigenvalue weighted by Crippen LogP contribution is 2.35. The molecule has 0 bridgehead atoms. The highest BCUT2D eigenvalue weighted by molar-refractivity contribution is 7.12. The lowest BCUT2D eigenvalue weighted by atomic mass is 10.1. The zero-order valence-corrected chi connectivity index (χ0v) is 13.3. The summed E-state index contributed by atoms with van der Waals surface area (Å²) in [6.07, 6.45) is 6.31. The first kappa shape index (κ1) is 13.4. The summed E-state index contributed by atoms with van der Waals surface area (Å²) >= 11 is 2.01. The summed E-state index contributed by atoms with van der Waals surface area (Å²) in [4.78, 5) is 3.12. The summed E-state index contributed by atoms with van der Waals surface area (Å²) in [5.74, 6) is 0.970. The van der Waals surface area contributed by atoms with Crippen LogP contribution < -0.4 is 10.1 Å². The number of methoxy groups -OCH3 is 1. The van der Waals surface area contributed by atoms with Gasteiger partial charge in [0.1, 0.15) is 5.75 Å². The Morgan fingerprint density at radius 2 is 2.14 bits per heavy atom. The van der Waals surface area contributed by atoms with E-state index in [1.54, 1.807) is 17.6 Å². The minimum Gasteiger partial charge on any atom is -0.497 e. The summed E-state index contributed by atoms with van der Waals surface area (Å²) < 4.78 is 5.37. The molecule has 0 saturated carbocycles. The maximum Gasteiger partial charge on any atom is 0.119 e. The van der Waals surface area contributed by atoms with Crippen LogP contribution in [0.5, 0.6) is 5.75 Å². The number of nitrogens with one attached hydrogen (secondary N) is 1. The van der Waals surface area contributed by atoms with Gasteiger partial charge in [-0.25, -0.2) is 0 Å². The van der Waals surface area contributed by atoms with Gasteiger partial charge in [0.25, 0.3) is 0 Å². The van der Waals surface area contributed by atoms with E-state index in [1.165, 1.54) is 48.1 Å². The van der Waals surface area contributed by atoms with Crippen LogP contribution in [0.2, 0.25) is 0 Å². The van der Waals surface area contributed by atoms with Crippen molar-refractivity contribution in [1.29, 1.82) is 0 Å². The Kier molecular flexibility index (Phi) is 3.48. The van der Waals surface area contributed by atoms with Gasteiger partial charge >= 0.3 is 0 Å². The van der Waals surface area contributed by atoms with E-state index < -0.39 is 0 Å². The number of benzene rings is 1. The largest absolute Gasteiger partial charge is 0.497 e. The minimum atomic E-state index is 0.479. The second-order valence-corrected chi connectivity index (χ2v) is 7.27. The van der Waals surface area contributed by atoms with Crippen LogP contribution in [0, 0.1) is 0 Å². The standard InChI is InChI=1S/C18H21NOS/c1-20-14-7-5-12-6-8-17(16(12)10-14)19-11-15-9-13-3-2-4-18(13)21-15/h5,7,9-10,17,19H,2-4,6,8,11H2,1H3. The number of ether oxygens (including phenoxy) is 1. The number of aryl methyl sites for hydroxylation is 3. The minimum absolute atomic E-state index is 0.479.